The third kappa shape index (κ3) is 48.7. The Balaban J connectivity index is 3.63. The molecule has 62 heavy (non-hydrogen) atoms. The second-order valence-electron chi connectivity index (χ2n) is 15.8. The molecular weight excluding hydrogens is 765 g/mol. The van der Waals surface area contributed by atoms with Crippen LogP contribution in [0.1, 0.15) is 194 Å². The molecule has 0 rings (SSSR count). The molecule has 5 heteroatoms. The van der Waals surface area contributed by atoms with E-state index in [0.29, 0.717) is 12.8 Å². The normalized spacial score (nSPS) is 13.4. The highest BCUT2D eigenvalue weighted by molar-refractivity contribution is 5.70. The Kier molecular flexibility index (Phi) is 48.1. The van der Waals surface area contributed by atoms with Gasteiger partial charge in [-0.2, -0.15) is 0 Å². The number of aliphatic hydroxyl groups is 1. The second-order valence-corrected chi connectivity index (χ2v) is 15.8. The average molecular weight is 855 g/mol. The lowest BCUT2D eigenvalue weighted by Crippen LogP contribution is -2.28. The highest BCUT2D eigenvalue weighted by Crippen LogP contribution is 2.13. The van der Waals surface area contributed by atoms with Gasteiger partial charge < -0.3 is 14.6 Å². The minimum absolute atomic E-state index is 0.0867. The molecule has 0 aliphatic carbocycles. The van der Waals surface area contributed by atoms with E-state index >= 15 is 0 Å². The number of aliphatic hydroxyl groups excluding tert-OH is 1. The van der Waals surface area contributed by atoms with E-state index in [-0.39, 0.29) is 25.2 Å². The third-order valence-electron chi connectivity index (χ3n) is 9.94. The fourth-order valence-electron chi connectivity index (χ4n) is 6.29. The van der Waals surface area contributed by atoms with Gasteiger partial charge in [0.2, 0.25) is 0 Å². The van der Waals surface area contributed by atoms with Crippen LogP contribution in [0.3, 0.4) is 0 Å². The number of unbranched alkanes of at least 4 members (excludes halogenated alkanes) is 13. The Morgan fingerprint density at radius 1 is 0.371 bits per heavy atom. The maximum atomic E-state index is 12.3. The van der Waals surface area contributed by atoms with Crippen molar-refractivity contribution in [3.63, 3.8) is 0 Å². The first-order chi connectivity index (χ1) is 30.6. The zero-order valence-electron chi connectivity index (χ0n) is 39.6. The summed E-state index contributed by atoms with van der Waals surface area (Å²) in [5, 5.41) is 9.61. The summed E-state index contributed by atoms with van der Waals surface area (Å²) in [5.74, 6) is -0.631. The van der Waals surface area contributed by atoms with Crippen molar-refractivity contribution in [3.8, 4) is 0 Å². The van der Waals surface area contributed by atoms with Crippen LogP contribution in [0.25, 0.3) is 0 Å². The summed E-state index contributed by atoms with van der Waals surface area (Å²) in [6.45, 7) is 3.87. The Hall–Kier alpha value is -3.96. The van der Waals surface area contributed by atoms with E-state index in [1.54, 1.807) is 0 Å². The second kappa shape index (κ2) is 51.4. The van der Waals surface area contributed by atoms with E-state index in [1.807, 2.05) is 0 Å². The van der Waals surface area contributed by atoms with Crippen LogP contribution in [0.5, 0.6) is 0 Å². The predicted octanol–water partition coefficient (Wildman–Crippen LogP) is 16.5. The van der Waals surface area contributed by atoms with Gasteiger partial charge in [0.15, 0.2) is 6.10 Å². The molecule has 0 bridgehead atoms. The lowest BCUT2D eigenvalue weighted by molar-refractivity contribution is -0.161. The molecule has 0 aromatic rings. The molecule has 0 saturated heterocycles. The minimum atomic E-state index is -0.793. The van der Waals surface area contributed by atoms with Crippen molar-refractivity contribution in [2.45, 2.75) is 200 Å². The first-order valence-electron chi connectivity index (χ1n) is 24.7. The molecule has 0 fully saturated rings. The van der Waals surface area contributed by atoms with E-state index in [2.05, 4.69) is 148 Å². The number of carbonyl (C=O) groups is 2. The van der Waals surface area contributed by atoms with Gasteiger partial charge in [0.1, 0.15) is 6.61 Å². The van der Waals surface area contributed by atoms with Crippen molar-refractivity contribution in [2.24, 2.45) is 0 Å². The van der Waals surface area contributed by atoms with Crippen molar-refractivity contribution in [1.29, 1.82) is 0 Å². The van der Waals surface area contributed by atoms with Gasteiger partial charge in [-0.25, -0.2) is 0 Å². The first-order valence-corrected chi connectivity index (χ1v) is 24.7. The van der Waals surface area contributed by atoms with Crippen LogP contribution in [-0.2, 0) is 19.1 Å². The van der Waals surface area contributed by atoms with Crippen molar-refractivity contribution >= 4 is 11.9 Å². The van der Waals surface area contributed by atoms with Crippen LogP contribution in [0, 0.1) is 0 Å². The monoisotopic (exact) mass is 855 g/mol. The summed E-state index contributed by atoms with van der Waals surface area (Å²) in [7, 11) is 0. The standard InChI is InChI=1S/C57H90O5/c1-3-5-7-9-11-13-15-17-19-20-21-22-23-24-25-26-27-28-29-30-31-32-33-34-35-36-38-40-42-44-46-48-50-52-57(60)62-55(53-58)54-61-56(59)51-49-47-45-43-41-39-37-18-16-14-12-10-8-6-4-2/h5-8,11-14,17-19,21-22,24-25,27-28,30-31,33-34,37,55,58H,3-4,9-10,15-16,20,23,26,29,32,35-36,38-54H2,1-2H3/b7-5-,8-6-,13-11-,14-12-,19-17-,22-21-,25-24-,28-27-,31-30-,34-33-,37-18-. The van der Waals surface area contributed by atoms with Gasteiger partial charge >= 0.3 is 11.9 Å². The first kappa shape index (κ1) is 58.0. The zero-order chi connectivity index (χ0) is 44.9. The van der Waals surface area contributed by atoms with Crippen molar-refractivity contribution in [3.05, 3.63) is 134 Å². The zero-order valence-corrected chi connectivity index (χ0v) is 39.6. The van der Waals surface area contributed by atoms with E-state index in [1.165, 1.54) is 38.5 Å². The summed E-state index contributed by atoms with van der Waals surface area (Å²) < 4.78 is 10.6. The van der Waals surface area contributed by atoms with E-state index in [9.17, 15) is 14.7 Å². The largest absolute Gasteiger partial charge is 0.462 e. The van der Waals surface area contributed by atoms with Crippen LogP contribution in [0.15, 0.2) is 134 Å². The number of carbonyl (C=O) groups excluding carboxylic acids is 2. The van der Waals surface area contributed by atoms with Crippen LogP contribution in [-0.4, -0.2) is 36.4 Å². The number of ether oxygens (including phenoxy) is 2. The van der Waals surface area contributed by atoms with Crippen LogP contribution in [0.2, 0.25) is 0 Å². The van der Waals surface area contributed by atoms with Gasteiger partial charge in [-0.1, -0.05) is 205 Å². The van der Waals surface area contributed by atoms with Crippen molar-refractivity contribution < 1.29 is 24.2 Å². The topological polar surface area (TPSA) is 72.8 Å². The molecule has 0 aromatic carbocycles. The maximum absolute atomic E-state index is 12.3. The van der Waals surface area contributed by atoms with Gasteiger partial charge in [0.25, 0.3) is 0 Å². The lowest BCUT2D eigenvalue weighted by atomic mass is 10.1. The van der Waals surface area contributed by atoms with Crippen molar-refractivity contribution in [2.75, 3.05) is 13.2 Å². The van der Waals surface area contributed by atoms with Crippen molar-refractivity contribution in [1.82, 2.24) is 0 Å². The molecule has 0 heterocycles. The Morgan fingerprint density at radius 2 is 0.645 bits per heavy atom. The molecule has 1 unspecified atom stereocenters. The Labute approximate surface area is 381 Å². The number of hydrogen-bond donors (Lipinski definition) is 1. The highest BCUT2D eigenvalue weighted by atomic mass is 16.6. The molecule has 1 atom stereocenters. The summed E-state index contributed by atoms with van der Waals surface area (Å²) in [6.07, 6.45) is 76.8. The molecule has 5 nitrogen and oxygen atoms in total. The van der Waals surface area contributed by atoms with Gasteiger partial charge in [0.05, 0.1) is 6.61 Å². The summed E-state index contributed by atoms with van der Waals surface area (Å²) in [5.41, 5.74) is 0. The predicted molar refractivity (Wildman–Crippen MR) is 269 cm³/mol. The van der Waals surface area contributed by atoms with Gasteiger partial charge in [-0.3, -0.25) is 9.59 Å². The molecule has 0 spiro atoms. The average Bonchev–Trinajstić information content (AvgIpc) is 3.28. The van der Waals surface area contributed by atoms with Gasteiger partial charge in [0, 0.05) is 12.8 Å². The van der Waals surface area contributed by atoms with Gasteiger partial charge in [-0.15, -0.1) is 0 Å². The number of allylic oxidation sites excluding steroid dienone is 22. The number of hydrogen-bond acceptors (Lipinski definition) is 5. The van der Waals surface area contributed by atoms with E-state index < -0.39 is 6.10 Å². The fourth-order valence-corrected chi connectivity index (χ4v) is 6.29. The smallest absolute Gasteiger partial charge is 0.306 e. The molecule has 1 N–H and O–H groups in total. The molecule has 0 aliphatic heterocycles. The van der Waals surface area contributed by atoms with Crippen LogP contribution >= 0.6 is 0 Å². The molecule has 0 aliphatic rings. The van der Waals surface area contributed by atoms with E-state index in [0.717, 1.165) is 128 Å². The van der Waals surface area contributed by atoms with Crippen LogP contribution < -0.4 is 0 Å². The third-order valence-corrected chi connectivity index (χ3v) is 9.94. The molecular formula is C57H90O5. The molecule has 348 valence electrons. The molecule has 0 radical (unpaired) electrons. The maximum Gasteiger partial charge on any atom is 0.306 e. The SMILES string of the molecule is CC/C=C\C/C=C\C/C=C\C/C=C\C/C=C\C/C=C\C/C=C\C/C=C\CCCCCCCCCCC(=O)OC(CO)COC(=O)CCCCCCC/C=C\C/C=C\C/C=C\CC. The lowest BCUT2D eigenvalue weighted by Gasteiger charge is -2.15. The highest BCUT2D eigenvalue weighted by Gasteiger charge is 2.16. The quantitative estimate of drug-likeness (QED) is 0.0376. The Bertz CT molecular complexity index is 1330. The number of esters is 2. The molecule has 0 amide bonds. The van der Waals surface area contributed by atoms with E-state index in [4.69, 9.17) is 9.47 Å². The number of rotatable bonds is 43. The summed E-state index contributed by atoms with van der Waals surface area (Å²) >= 11 is 0. The summed E-state index contributed by atoms with van der Waals surface area (Å²) in [4.78, 5) is 24.4. The van der Waals surface area contributed by atoms with Gasteiger partial charge in [-0.05, 0) is 109 Å². The molecule has 0 saturated carbocycles. The fraction of sp³-hybridized carbons (Fsp3) is 0.579. The Morgan fingerprint density at radius 3 is 0.968 bits per heavy atom. The molecule has 0 aromatic heterocycles. The van der Waals surface area contributed by atoms with Crippen LogP contribution in [0.4, 0.5) is 0 Å². The summed E-state index contributed by atoms with van der Waals surface area (Å²) in [6, 6.07) is 0. The minimum Gasteiger partial charge on any atom is -0.462 e.